The van der Waals surface area contributed by atoms with E-state index in [9.17, 15) is 9.59 Å². The van der Waals surface area contributed by atoms with Crippen LogP contribution in [0.15, 0.2) is 177 Å². The number of ether oxygens (including phenoxy) is 5. The van der Waals surface area contributed by atoms with E-state index >= 15 is 0 Å². The molecule has 0 aliphatic carbocycles. The average Bonchev–Trinajstić information content (AvgIpc) is 3.23. The first-order chi connectivity index (χ1) is 26.9. The summed E-state index contributed by atoms with van der Waals surface area (Å²) in [5, 5.41) is 0. The van der Waals surface area contributed by atoms with E-state index in [4.69, 9.17) is 23.7 Å². The molecule has 0 heterocycles. The molecule has 284 valence electrons. The van der Waals surface area contributed by atoms with Gasteiger partial charge in [0.25, 0.3) is 0 Å². The molecule has 5 aromatic rings. The first-order valence-electron chi connectivity index (χ1n) is 18.3. The van der Waals surface area contributed by atoms with Crippen LogP contribution in [0.1, 0.15) is 34.7 Å². The Hall–Kier alpha value is -5.80. The molecular weight excluding hydrogens is 691 g/mol. The molecule has 0 N–H and O–H groups in total. The monoisotopic (exact) mass is 739 g/mol. The van der Waals surface area contributed by atoms with Gasteiger partial charge in [-0.05, 0) is 33.9 Å². The van der Waals surface area contributed by atoms with Gasteiger partial charge in [-0.3, -0.25) is 9.69 Å². The van der Waals surface area contributed by atoms with E-state index in [0.717, 1.165) is 27.8 Å². The molecule has 0 aliphatic heterocycles. The minimum absolute atomic E-state index is 0.0616. The third-order valence-corrected chi connectivity index (χ3v) is 8.93. The highest BCUT2D eigenvalue weighted by Crippen LogP contribution is 2.28. The van der Waals surface area contributed by atoms with Crippen molar-refractivity contribution in [2.75, 3.05) is 0 Å². The number of rotatable bonds is 21. The van der Waals surface area contributed by atoms with Crippen LogP contribution < -0.4 is 0 Å². The molecular formula is C47H49NO7. The highest BCUT2D eigenvalue weighted by molar-refractivity contribution is 5.69. The Morgan fingerprint density at radius 2 is 0.909 bits per heavy atom. The molecule has 0 fully saturated rings. The number of benzene rings is 5. The van der Waals surface area contributed by atoms with Gasteiger partial charge in [0.15, 0.2) is 0 Å². The Morgan fingerprint density at radius 1 is 0.527 bits per heavy atom. The fourth-order valence-corrected chi connectivity index (χ4v) is 6.19. The second kappa shape index (κ2) is 21.8. The summed E-state index contributed by atoms with van der Waals surface area (Å²) in [6.07, 6.45) is -1.18. The van der Waals surface area contributed by atoms with Gasteiger partial charge in [-0.25, -0.2) is 4.79 Å². The maximum Gasteiger partial charge on any atom is 0.410 e. The molecule has 1 amide bonds. The molecule has 8 nitrogen and oxygen atoms in total. The lowest BCUT2D eigenvalue weighted by Crippen LogP contribution is -2.57. The summed E-state index contributed by atoms with van der Waals surface area (Å²) in [5.41, 5.74) is 4.42. The maximum atomic E-state index is 14.4. The first-order valence-corrected chi connectivity index (χ1v) is 18.3. The molecule has 5 rings (SSSR count). The van der Waals surface area contributed by atoms with Crippen molar-refractivity contribution in [3.05, 3.63) is 205 Å². The van der Waals surface area contributed by atoms with E-state index in [1.807, 2.05) is 152 Å². The SMILES string of the molecule is C=C[C@H]([C@H](OCc1ccccc1)[C@@H](OCc1ccccc1)[C@H](OCc1ccccc1)[C@@H](C=C)OC(C)=O)N(Cc1ccccc1)C(=O)OCc1ccccc1. The minimum atomic E-state index is -0.960. The predicted octanol–water partition coefficient (Wildman–Crippen LogP) is 9.25. The Bertz CT molecular complexity index is 1870. The van der Waals surface area contributed by atoms with Crippen molar-refractivity contribution in [2.45, 2.75) is 70.4 Å². The number of amides is 1. The number of nitrogens with zero attached hydrogens (tertiary/aromatic N) is 1. The summed E-state index contributed by atoms with van der Waals surface area (Å²) >= 11 is 0. The van der Waals surface area contributed by atoms with Crippen LogP contribution in [-0.4, -0.2) is 47.4 Å². The Balaban J connectivity index is 1.61. The molecule has 5 atom stereocenters. The van der Waals surface area contributed by atoms with Crippen molar-refractivity contribution >= 4 is 12.1 Å². The van der Waals surface area contributed by atoms with Gasteiger partial charge in [-0.1, -0.05) is 164 Å². The summed E-state index contributed by atoms with van der Waals surface area (Å²) < 4.78 is 32.3. The Morgan fingerprint density at radius 3 is 1.31 bits per heavy atom. The lowest BCUT2D eigenvalue weighted by atomic mass is 9.94. The zero-order valence-electron chi connectivity index (χ0n) is 31.2. The zero-order chi connectivity index (χ0) is 38.7. The average molecular weight is 740 g/mol. The van der Waals surface area contributed by atoms with Crippen LogP contribution in [-0.2, 0) is 61.5 Å². The number of carbonyl (C=O) groups is 2. The van der Waals surface area contributed by atoms with Crippen molar-refractivity contribution < 1.29 is 33.3 Å². The number of carbonyl (C=O) groups excluding carboxylic acids is 2. The third-order valence-electron chi connectivity index (χ3n) is 8.93. The van der Waals surface area contributed by atoms with Crippen LogP contribution in [0.5, 0.6) is 0 Å². The Kier molecular flexibility index (Phi) is 16.0. The van der Waals surface area contributed by atoms with E-state index in [1.54, 1.807) is 11.0 Å². The molecule has 0 aliphatic rings. The minimum Gasteiger partial charge on any atom is -0.455 e. The quantitative estimate of drug-likeness (QED) is 0.0548. The summed E-state index contributed by atoms with van der Waals surface area (Å²) in [4.78, 5) is 28.5. The lowest BCUT2D eigenvalue weighted by molar-refractivity contribution is -0.192. The van der Waals surface area contributed by atoms with Crippen LogP contribution in [0.3, 0.4) is 0 Å². The molecule has 0 bridgehead atoms. The van der Waals surface area contributed by atoms with Gasteiger partial charge in [0.05, 0.1) is 25.9 Å². The van der Waals surface area contributed by atoms with Gasteiger partial charge in [0, 0.05) is 13.5 Å². The van der Waals surface area contributed by atoms with Gasteiger partial charge in [0.2, 0.25) is 0 Å². The second-order valence-corrected chi connectivity index (χ2v) is 13.0. The zero-order valence-corrected chi connectivity index (χ0v) is 31.2. The topological polar surface area (TPSA) is 83.5 Å². The summed E-state index contributed by atoms with van der Waals surface area (Å²) in [7, 11) is 0. The third kappa shape index (κ3) is 12.6. The van der Waals surface area contributed by atoms with E-state index in [0.29, 0.717) is 0 Å². The van der Waals surface area contributed by atoms with Crippen LogP contribution in [0.25, 0.3) is 0 Å². The first kappa shape index (κ1) is 40.4. The van der Waals surface area contributed by atoms with Crippen molar-refractivity contribution in [1.82, 2.24) is 4.90 Å². The van der Waals surface area contributed by atoms with Crippen molar-refractivity contribution in [3.63, 3.8) is 0 Å². The Labute approximate surface area is 324 Å². The van der Waals surface area contributed by atoms with Gasteiger partial charge in [0.1, 0.15) is 31.0 Å². The van der Waals surface area contributed by atoms with Gasteiger partial charge in [-0.15, -0.1) is 6.58 Å². The molecule has 0 spiro atoms. The predicted molar refractivity (Wildman–Crippen MR) is 213 cm³/mol. The summed E-state index contributed by atoms with van der Waals surface area (Å²) in [6.45, 7) is 10.3. The smallest absolute Gasteiger partial charge is 0.410 e. The summed E-state index contributed by atoms with van der Waals surface area (Å²) in [6, 6.07) is 47.5. The van der Waals surface area contributed by atoms with E-state index in [1.165, 1.54) is 13.0 Å². The number of hydrogen-bond acceptors (Lipinski definition) is 7. The number of esters is 1. The van der Waals surface area contributed by atoms with Crippen LogP contribution >= 0.6 is 0 Å². The highest BCUT2D eigenvalue weighted by atomic mass is 16.6. The van der Waals surface area contributed by atoms with Gasteiger partial charge < -0.3 is 23.7 Å². The van der Waals surface area contributed by atoms with Crippen molar-refractivity contribution in [2.24, 2.45) is 0 Å². The second-order valence-electron chi connectivity index (χ2n) is 13.0. The molecule has 0 saturated carbocycles. The van der Waals surface area contributed by atoms with Crippen LogP contribution in [0.2, 0.25) is 0 Å². The van der Waals surface area contributed by atoms with Crippen LogP contribution in [0.4, 0.5) is 4.79 Å². The highest BCUT2D eigenvalue weighted by Gasteiger charge is 2.44. The fourth-order valence-electron chi connectivity index (χ4n) is 6.19. The molecule has 0 radical (unpaired) electrons. The van der Waals surface area contributed by atoms with E-state index in [2.05, 4.69) is 13.2 Å². The van der Waals surface area contributed by atoms with E-state index in [-0.39, 0.29) is 33.0 Å². The van der Waals surface area contributed by atoms with E-state index < -0.39 is 42.5 Å². The van der Waals surface area contributed by atoms with Gasteiger partial charge >= 0.3 is 12.1 Å². The number of hydrogen-bond donors (Lipinski definition) is 0. The molecule has 55 heavy (non-hydrogen) atoms. The van der Waals surface area contributed by atoms with Crippen molar-refractivity contribution in [3.8, 4) is 0 Å². The lowest BCUT2D eigenvalue weighted by Gasteiger charge is -2.42. The van der Waals surface area contributed by atoms with Crippen LogP contribution in [0, 0.1) is 0 Å². The molecule has 5 aromatic carbocycles. The standard InChI is InChI=1S/C47H49NO7/c1-4-42(48(31-37-21-11-6-12-22-37)47(50)54-35-41-29-19-10-20-30-41)44(51-32-38-23-13-7-14-24-38)46(53-34-40-27-17-9-18-28-40)45(43(5-2)55-36(3)49)52-33-39-25-15-8-16-26-39/h4-30,42-46H,1-2,31-35H2,3H3/t42-,43-,44+,45-,46-/m1/s1. The molecule has 0 aromatic heterocycles. The van der Waals surface area contributed by atoms with Crippen molar-refractivity contribution in [1.29, 1.82) is 0 Å². The molecule has 0 saturated heterocycles. The molecule has 0 unspecified atom stereocenters. The maximum absolute atomic E-state index is 14.4. The molecule has 8 heteroatoms. The van der Waals surface area contributed by atoms with Gasteiger partial charge in [-0.2, -0.15) is 0 Å². The fraction of sp³-hybridized carbons (Fsp3) is 0.234. The largest absolute Gasteiger partial charge is 0.455 e. The summed E-state index contributed by atoms with van der Waals surface area (Å²) in [5.74, 6) is -0.516. The normalized spacial score (nSPS) is 13.7.